The van der Waals surface area contributed by atoms with E-state index < -0.39 is 11.6 Å². The molecule has 31 heavy (non-hydrogen) atoms. The minimum absolute atomic E-state index is 0.0235. The molecular formula is C24H18F2N2O2S. The average molecular weight is 436 g/mol. The smallest absolute Gasteiger partial charge is 0.227 e. The zero-order valence-electron chi connectivity index (χ0n) is 16.4. The zero-order valence-corrected chi connectivity index (χ0v) is 17.2. The van der Waals surface area contributed by atoms with Gasteiger partial charge in [0, 0.05) is 35.9 Å². The fourth-order valence-corrected chi connectivity index (χ4v) is 5.13. The lowest BCUT2D eigenvalue weighted by atomic mass is 9.91. The van der Waals surface area contributed by atoms with E-state index in [0.717, 1.165) is 18.4 Å². The average Bonchev–Trinajstić information content (AvgIpc) is 3.54. The highest BCUT2D eigenvalue weighted by molar-refractivity contribution is 8.15. The van der Waals surface area contributed by atoms with Crippen LogP contribution >= 0.6 is 11.8 Å². The van der Waals surface area contributed by atoms with E-state index in [4.69, 9.17) is 0 Å². The number of fused-ring (bicyclic) bond motifs is 1. The Balaban J connectivity index is 1.48. The van der Waals surface area contributed by atoms with E-state index in [2.05, 4.69) is 10.3 Å². The van der Waals surface area contributed by atoms with Gasteiger partial charge in [-0.15, -0.1) is 0 Å². The SMILES string of the molecule is O=C1C=CN=C2SC(c3ccc(NC(=O)C4CC4)cc3)C(Cc3c(F)cccc3F)=C12. The minimum atomic E-state index is -0.640. The van der Waals surface area contributed by atoms with Gasteiger partial charge < -0.3 is 5.32 Å². The number of carbonyl (C=O) groups excluding carboxylic acids is 2. The Morgan fingerprint density at radius 2 is 1.81 bits per heavy atom. The highest BCUT2D eigenvalue weighted by atomic mass is 32.2. The summed E-state index contributed by atoms with van der Waals surface area (Å²) in [5.41, 5.74) is 2.57. The quantitative estimate of drug-likeness (QED) is 0.707. The Bertz CT molecular complexity index is 1160. The van der Waals surface area contributed by atoms with E-state index in [1.54, 1.807) is 0 Å². The number of amides is 1. The van der Waals surface area contributed by atoms with Crippen molar-refractivity contribution in [2.75, 3.05) is 5.32 Å². The molecule has 1 fully saturated rings. The molecule has 4 nitrogen and oxygen atoms in total. The number of nitrogens with one attached hydrogen (secondary N) is 1. The highest BCUT2D eigenvalue weighted by Crippen LogP contribution is 2.49. The molecule has 2 heterocycles. The predicted octanol–water partition coefficient (Wildman–Crippen LogP) is 5.14. The zero-order chi connectivity index (χ0) is 21.5. The fraction of sp³-hybridized carbons (Fsp3) is 0.208. The van der Waals surface area contributed by atoms with E-state index >= 15 is 0 Å². The van der Waals surface area contributed by atoms with Gasteiger partial charge in [0.15, 0.2) is 5.78 Å². The molecule has 1 saturated carbocycles. The predicted molar refractivity (Wildman–Crippen MR) is 117 cm³/mol. The summed E-state index contributed by atoms with van der Waals surface area (Å²) in [6.45, 7) is 0. The van der Waals surface area contributed by atoms with Gasteiger partial charge in [-0.1, -0.05) is 30.0 Å². The first-order valence-electron chi connectivity index (χ1n) is 10.0. The summed E-state index contributed by atoms with van der Waals surface area (Å²) in [5.74, 6) is -1.35. The van der Waals surface area contributed by atoms with Crippen LogP contribution in [-0.2, 0) is 16.0 Å². The number of benzene rings is 2. The number of aliphatic imine (C=N–C) groups is 1. The Hall–Kier alpha value is -3.06. The third-order valence-electron chi connectivity index (χ3n) is 5.60. The van der Waals surface area contributed by atoms with Crippen LogP contribution in [0.4, 0.5) is 14.5 Å². The summed E-state index contributed by atoms with van der Waals surface area (Å²) < 4.78 is 28.7. The molecule has 5 rings (SSSR count). The van der Waals surface area contributed by atoms with Crippen LogP contribution in [0.5, 0.6) is 0 Å². The van der Waals surface area contributed by atoms with E-state index in [1.165, 1.54) is 42.2 Å². The summed E-state index contributed by atoms with van der Waals surface area (Å²) in [6, 6.07) is 11.1. The highest BCUT2D eigenvalue weighted by Gasteiger charge is 2.37. The molecule has 1 amide bonds. The van der Waals surface area contributed by atoms with E-state index in [9.17, 15) is 18.4 Å². The van der Waals surface area contributed by atoms with Crippen LogP contribution in [0, 0.1) is 17.6 Å². The number of thioether (sulfide) groups is 1. The van der Waals surface area contributed by atoms with Crippen LogP contribution in [0.1, 0.15) is 29.2 Å². The lowest BCUT2D eigenvalue weighted by Crippen LogP contribution is -2.13. The molecule has 0 radical (unpaired) electrons. The topological polar surface area (TPSA) is 58.5 Å². The van der Waals surface area contributed by atoms with Crippen LogP contribution in [0.2, 0.25) is 0 Å². The number of rotatable bonds is 5. The summed E-state index contributed by atoms with van der Waals surface area (Å²) in [6.07, 6.45) is 4.65. The molecule has 0 spiro atoms. The molecule has 2 aromatic carbocycles. The second-order valence-corrected chi connectivity index (χ2v) is 8.87. The van der Waals surface area contributed by atoms with Gasteiger partial charge in [0.1, 0.15) is 16.7 Å². The van der Waals surface area contributed by atoms with Crippen molar-refractivity contribution < 1.29 is 18.4 Å². The third kappa shape index (κ3) is 3.85. The van der Waals surface area contributed by atoms with E-state index in [1.807, 2.05) is 24.3 Å². The van der Waals surface area contributed by atoms with E-state index in [-0.39, 0.29) is 34.8 Å². The van der Waals surface area contributed by atoms with Gasteiger partial charge in [-0.2, -0.15) is 0 Å². The van der Waals surface area contributed by atoms with Crippen molar-refractivity contribution in [2.45, 2.75) is 24.5 Å². The van der Waals surface area contributed by atoms with Crippen LogP contribution in [-0.4, -0.2) is 16.7 Å². The molecule has 1 aliphatic carbocycles. The van der Waals surface area contributed by atoms with Crippen molar-refractivity contribution in [3.8, 4) is 0 Å². The molecule has 1 N–H and O–H groups in total. The summed E-state index contributed by atoms with van der Waals surface area (Å²) in [5, 5.41) is 3.16. The lowest BCUT2D eigenvalue weighted by molar-refractivity contribution is -0.117. The summed E-state index contributed by atoms with van der Waals surface area (Å²) >= 11 is 1.40. The number of halogens is 2. The summed E-state index contributed by atoms with van der Waals surface area (Å²) in [4.78, 5) is 28.9. The van der Waals surface area contributed by atoms with Crippen molar-refractivity contribution >= 4 is 34.2 Å². The number of hydrogen-bond acceptors (Lipinski definition) is 4. The molecule has 156 valence electrons. The third-order valence-corrected chi connectivity index (χ3v) is 6.93. The van der Waals surface area contributed by atoms with Crippen molar-refractivity contribution in [3.63, 3.8) is 0 Å². The first-order chi connectivity index (χ1) is 15.0. The number of ketones is 1. The normalized spacial score (nSPS) is 20.0. The lowest BCUT2D eigenvalue weighted by Gasteiger charge is -2.16. The summed E-state index contributed by atoms with van der Waals surface area (Å²) in [7, 11) is 0. The number of nitrogens with zero attached hydrogens (tertiary/aromatic N) is 1. The second kappa shape index (κ2) is 7.89. The molecule has 0 bridgehead atoms. The van der Waals surface area contributed by atoms with Gasteiger partial charge >= 0.3 is 0 Å². The maximum Gasteiger partial charge on any atom is 0.227 e. The van der Waals surface area contributed by atoms with Crippen molar-refractivity contribution in [1.82, 2.24) is 0 Å². The Morgan fingerprint density at radius 1 is 1.10 bits per heavy atom. The molecule has 3 aliphatic rings. The first kappa shape index (κ1) is 19.9. The van der Waals surface area contributed by atoms with Crippen molar-refractivity contribution in [1.29, 1.82) is 0 Å². The first-order valence-corrected chi connectivity index (χ1v) is 10.9. The largest absolute Gasteiger partial charge is 0.326 e. The van der Waals surface area contributed by atoms with Crippen LogP contribution in [0.25, 0.3) is 0 Å². The van der Waals surface area contributed by atoms with Crippen molar-refractivity contribution in [3.05, 3.63) is 88.6 Å². The van der Waals surface area contributed by atoms with Crippen LogP contribution in [0.3, 0.4) is 0 Å². The van der Waals surface area contributed by atoms with Crippen molar-refractivity contribution in [2.24, 2.45) is 10.9 Å². The second-order valence-electron chi connectivity index (χ2n) is 7.77. The molecule has 1 atom stereocenters. The molecule has 2 aliphatic heterocycles. The molecule has 7 heteroatoms. The van der Waals surface area contributed by atoms with Gasteiger partial charge in [-0.25, -0.2) is 13.8 Å². The number of allylic oxidation sites excluding steroid dienone is 1. The maximum atomic E-state index is 14.4. The standard InChI is InChI=1S/C24H18F2N2O2S/c25-18-2-1-3-19(26)16(18)12-17-21-20(29)10-11-27-24(21)31-22(17)13-6-8-15(9-7-13)28-23(30)14-4-5-14/h1-3,6-11,14,22H,4-5,12H2,(H,28,30). The Morgan fingerprint density at radius 3 is 2.48 bits per heavy atom. The number of carbonyl (C=O) groups is 2. The van der Waals surface area contributed by atoms with Gasteiger partial charge in [0.25, 0.3) is 0 Å². The fourth-order valence-electron chi connectivity index (χ4n) is 3.80. The molecule has 0 aromatic heterocycles. The van der Waals surface area contributed by atoms with Gasteiger partial charge in [0.2, 0.25) is 5.91 Å². The van der Waals surface area contributed by atoms with E-state index in [0.29, 0.717) is 21.9 Å². The number of anilines is 1. The molecule has 1 unspecified atom stereocenters. The monoisotopic (exact) mass is 436 g/mol. The number of hydrogen-bond donors (Lipinski definition) is 1. The van der Waals surface area contributed by atoms with Crippen LogP contribution in [0.15, 0.2) is 70.9 Å². The Labute approximate surface area is 182 Å². The maximum absolute atomic E-state index is 14.4. The Kier molecular flexibility index (Phi) is 5.06. The molecular weight excluding hydrogens is 418 g/mol. The van der Waals surface area contributed by atoms with Gasteiger partial charge in [0.05, 0.1) is 10.8 Å². The molecule has 0 saturated heterocycles. The molecule has 2 aromatic rings. The van der Waals surface area contributed by atoms with Gasteiger partial charge in [-0.3, -0.25) is 9.59 Å². The van der Waals surface area contributed by atoms with Gasteiger partial charge in [-0.05, 0) is 48.2 Å². The minimum Gasteiger partial charge on any atom is -0.326 e. The van der Waals surface area contributed by atoms with Crippen LogP contribution < -0.4 is 5.32 Å².